The fraction of sp³-hybridized carbons (Fsp3) is 0.455. The maximum atomic E-state index is 5.91. The van der Waals surface area contributed by atoms with Gasteiger partial charge in [0.15, 0.2) is 0 Å². The van der Waals surface area contributed by atoms with Gasteiger partial charge in [0.05, 0.1) is 0 Å². The van der Waals surface area contributed by atoms with Crippen LogP contribution in [0.4, 0.5) is 5.69 Å². The molecule has 2 N–H and O–H groups in total. The average Bonchev–Trinajstić information content (AvgIpc) is 2.57. The Morgan fingerprint density at radius 3 is 2.93 bits per heavy atom. The lowest BCUT2D eigenvalue weighted by Crippen LogP contribution is -2.26. The molecule has 1 unspecified atom stereocenters. The molecule has 2 nitrogen and oxygen atoms in total. The fourth-order valence-electron chi connectivity index (χ4n) is 1.94. The van der Waals surface area contributed by atoms with E-state index in [1.807, 2.05) is 0 Å². The standard InChI is InChI=1S/C11H15IN2/c1-8-10(12)3-2-4-11(8)14-6-5-9(13)7-14/h2-4,9H,5-7,13H2,1H3. The maximum Gasteiger partial charge on any atom is 0.0407 e. The molecule has 1 fully saturated rings. The first kappa shape index (κ1) is 10.2. The highest BCUT2D eigenvalue weighted by atomic mass is 127. The van der Waals surface area contributed by atoms with Gasteiger partial charge in [0, 0.05) is 28.4 Å². The zero-order valence-electron chi connectivity index (χ0n) is 8.33. The number of anilines is 1. The second-order valence-corrected chi connectivity index (χ2v) is 5.04. The van der Waals surface area contributed by atoms with E-state index in [4.69, 9.17) is 5.73 Å². The van der Waals surface area contributed by atoms with Gasteiger partial charge in [-0.25, -0.2) is 0 Å². The van der Waals surface area contributed by atoms with Crippen molar-refractivity contribution >= 4 is 28.3 Å². The Kier molecular flexibility index (Phi) is 2.97. The van der Waals surface area contributed by atoms with Gasteiger partial charge in [0.1, 0.15) is 0 Å². The van der Waals surface area contributed by atoms with Gasteiger partial charge in [-0.2, -0.15) is 0 Å². The molecular weight excluding hydrogens is 287 g/mol. The molecule has 1 aliphatic rings. The van der Waals surface area contributed by atoms with Crippen molar-refractivity contribution in [2.24, 2.45) is 5.73 Å². The van der Waals surface area contributed by atoms with E-state index in [0.29, 0.717) is 6.04 Å². The van der Waals surface area contributed by atoms with Gasteiger partial charge < -0.3 is 10.6 Å². The first-order chi connectivity index (χ1) is 6.68. The SMILES string of the molecule is Cc1c(I)cccc1N1CCC(N)C1. The van der Waals surface area contributed by atoms with E-state index in [9.17, 15) is 0 Å². The Morgan fingerprint density at radius 1 is 1.50 bits per heavy atom. The molecule has 0 aliphatic carbocycles. The number of hydrogen-bond acceptors (Lipinski definition) is 2. The molecule has 0 bridgehead atoms. The van der Waals surface area contributed by atoms with E-state index in [-0.39, 0.29) is 0 Å². The lowest BCUT2D eigenvalue weighted by atomic mass is 10.2. The zero-order valence-corrected chi connectivity index (χ0v) is 10.5. The first-order valence-electron chi connectivity index (χ1n) is 4.94. The molecule has 14 heavy (non-hydrogen) atoms. The van der Waals surface area contributed by atoms with Crippen LogP contribution in [0.2, 0.25) is 0 Å². The highest BCUT2D eigenvalue weighted by Crippen LogP contribution is 2.26. The number of nitrogens with zero attached hydrogens (tertiary/aromatic N) is 1. The number of halogens is 1. The highest BCUT2D eigenvalue weighted by Gasteiger charge is 2.20. The Balaban J connectivity index is 2.28. The number of benzene rings is 1. The molecule has 0 radical (unpaired) electrons. The smallest absolute Gasteiger partial charge is 0.0407 e. The van der Waals surface area contributed by atoms with Crippen LogP contribution in [-0.2, 0) is 0 Å². The average molecular weight is 302 g/mol. The molecule has 1 heterocycles. The van der Waals surface area contributed by atoms with E-state index in [1.54, 1.807) is 0 Å². The largest absolute Gasteiger partial charge is 0.370 e. The molecule has 0 amide bonds. The van der Waals surface area contributed by atoms with Crippen LogP contribution in [0.1, 0.15) is 12.0 Å². The predicted octanol–water partition coefficient (Wildman–Crippen LogP) is 2.14. The van der Waals surface area contributed by atoms with Gasteiger partial charge in [0.2, 0.25) is 0 Å². The molecule has 1 aromatic carbocycles. The van der Waals surface area contributed by atoms with Gasteiger partial charge in [-0.3, -0.25) is 0 Å². The van der Waals surface area contributed by atoms with E-state index < -0.39 is 0 Å². The maximum absolute atomic E-state index is 5.91. The summed E-state index contributed by atoms with van der Waals surface area (Å²) in [6.45, 7) is 4.28. The van der Waals surface area contributed by atoms with E-state index in [1.165, 1.54) is 14.8 Å². The van der Waals surface area contributed by atoms with Gasteiger partial charge in [-0.15, -0.1) is 0 Å². The lowest BCUT2D eigenvalue weighted by molar-refractivity contribution is 0.752. The summed E-state index contributed by atoms with van der Waals surface area (Å²) in [6.07, 6.45) is 1.12. The third-order valence-corrected chi connectivity index (χ3v) is 3.97. The number of hydrogen-bond donors (Lipinski definition) is 1. The Morgan fingerprint density at radius 2 is 2.29 bits per heavy atom. The van der Waals surface area contributed by atoms with Crippen LogP contribution in [0.15, 0.2) is 18.2 Å². The van der Waals surface area contributed by atoms with Gasteiger partial charge in [-0.05, 0) is 53.6 Å². The van der Waals surface area contributed by atoms with Crippen LogP contribution in [0, 0.1) is 10.5 Å². The fourth-order valence-corrected chi connectivity index (χ4v) is 2.43. The van der Waals surface area contributed by atoms with Crippen molar-refractivity contribution in [1.82, 2.24) is 0 Å². The van der Waals surface area contributed by atoms with E-state index in [2.05, 4.69) is 52.6 Å². The van der Waals surface area contributed by atoms with Crippen LogP contribution in [-0.4, -0.2) is 19.1 Å². The molecule has 2 rings (SSSR count). The van der Waals surface area contributed by atoms with Crippen molar-refractivity contribution in [3.05, 3.63) is 27.3 Å². The molecule has 1 saturated heterocycles. The summed E-state index contributed by atoms with van der Waals surface area (Å²) in [4.78, 5) is 2.39. The third kappa shape index (κ3) is 1.88. The molecule has 76 valence electrons. The second kappa shape index (κ2) is 4.06. The molecule has 1 atom stereocenters. The minimum atomic E-state index is 0.354. The summed E-state index contributed by atoms with van der Waals surface area (Å²) in [5.74, 6) is 0. The topological polar surface area (TPSA) is 29.3 Å². The monoisotopic (exact) mass is 302 g/mol. The molecule has 1 aromatic rings. The number of nitrogens with two attached hydrogens (primary N) is 1. The molecular formula is C11H15IN2. The summed E-state index contributed by atoms with van der Waals surface area (Å²) in [6, 6.07) is 6.81. The molecule has 0 spiro atoms. The van der Waals surface area contributed by atoms with E-state index in [0.717, 1.165) is 19.5 Å². The van der Waals surface area contributed by atoms with Crippen LogP contribution in [0.25, 0.3) is 0 Å². The molecule has 3 heteroatoms. The van der Waals surface area contributed by atoms with Crippen LogP contribution in [0.3, 0.4) is 0 Å². The summed E-state index contributed by atoms with van der Waals surface area (Å²) in [5.41, 5.74) is 8.64. The summed E-state index contributed by atoms with van der Waals surface area (Å²) < 4.78 is 1.33. The van der Waals surface area contributed by atoms with Crippen molar-refractivity contribution in [3.63, 3.8) is 0 Å². The normalized spacial score (nSPS) is 21.6. The van der Waals surface area contributed by atoms with Gasteiger partial charge >= 0.3 is 0 Å². The minimum absolute atomic E-state index is 0.354. The Bertz CT molecular complexity index is 338. The second-order valence-electron chi connectivity index (χ2n) is 3.88. The van der Waals surface area contributed by atoms with Crippen molar-refractivity contribution in [2.45, 2.75) is 19.4 Å². The van der Waals surface area contributed by atoms with Crippen LogP contribution in [0.5, 0.6) is 0 Å². The zero-order chi connectivity index (χ0) is 10.1. The van der Waals surface area contributed by atoms with Gasteiger partial charge in [0.25, 0.3) is 0 Å². The minimum Gasteiger partial charge on any atom is -0.370 e. The van der Waals surface area contributed by atoms with E-state index >= 15 is 0 Å². The summed E-state index contributed by atoms with van der Waals surface area (Å²) in [7, 11) is 0. The van der Waals surface area contributed by atoms with Crippen molar-refractivity contribution in [3.8, 4) is 0 Å². The first-order valence-corrected chi connectivity index (χ1v) is 6.02. The van der Waals surface area contributed by atoms with Crippen molar-refractivity contribution in [1.29, 1.82) is 0 Å². The van der Waals surface area contributed by atoms with Crippen LogP contribution < -0.4 is 10.6 Å². The summed E-state index contributed by atoms with van der Waals surface area (Å²) >= 11 is 2.38. The van der Waals surface area contributed by atoms with Crippen molar-refractivity contribution in [2.75, 3.05) is 18.0 Å². The quantitative estimate of drug-likeness (QED) is 0.805. The Hall–Kier alpha value is -0.290. The predicted molar refractivity (Wildman–Crippen MR) is 68.7 cm³/mol. The third-order valence-electron chi connectivity index (χ3n) is 2.80. The molecule has 0 aromatic heterocycles. The summed E-state index contributed by atoms with van der Waals surface area (Å²) in [5, 5.41) is 0. The highest BCUT2D eigenvalue weighted by molar-refractivity contribution is 14.1. The van der Waals surface area contributed by atoms with Crippen molar-refractivity contribution < 1.29 is 0 Å². The Labute approximate surface area is 98.6 Å². The van der Waals surface area contributed by atoms with Crippen LogP contribution >= 0.6 is 22.6 Å². The molecule has 0 saturated carbocycles. The van der Waals surface area contributed by atoms with Gasteiger partial charge in [-0.1, -0.05) is 6.07 Å². The molecule has 1 aliphatic heterocycles. The number of rotatable bonds is 1. The lowest BCUT2D eigenvalue weighted by Gasteiger charge is -2.21.